The van der Waals surface area contributed by atoms with Crippen molar-refractivity contribution in [3.05, 3.63) is 53.2 Å². The fourth-order valence-electron chi connectivity index (χ4n) is 3.55. The molecular formula is C22H31ClFN3O. The smallest absolute Gasteiger partial charge is 0.216 e. The summed E-state index contributed by atoms with van der Waals surface area (Å²) in [6.45, 7) is 6.32. The lowest BCUT2D eigenvalue weighted by Crippen LogP contribution is -2.30. The summed E-state index contributed by atoms with van der Waals surface area (Å²) in [5.41, 5.74) is 1.92. The van der Waals surface area contributed by atoms with Crippen LogP contribution in [0.2, 0.25) is 0 Å². The highest BCUT2D eigenvalue weighted by Gasteiger charge is 2.09. The quantitative estimate of drug-likeness (QED) is 0.550. The molecule has 0 radical (unpaired) electrons. The van der Waals surface area contributed by atoms with Gasteiger partial charge >= 0.3 is 0 Å². The lowest BCUT2D eigenvalue weighted by molar-refractivity contribution is 0.220. The molecule has 0 unspecified atom stereocenters. The number of aromatic nitrogens is 2. The molecule has 0 bridgehead atoms. The van der Waals surface area contributed by atoms with E-state index in [2.05, 4.69) is 14.9 Å². The van der Waals surface area contributed by atoms with Crippen LogP contribution in [0.25, 0.3) is 0 Å². The van der Waals surface area contributed by atoms with Crippen LogP contribution in [-0.4, -0.2) is 41.1 Å². The van der Waals surface area contributed by atoms with Crippen LogP contribution in [0.4, 0.5) is 4.39 Å². The zero-order valence-electron chi connectivity index (χ0n) is 16.7. The zero-order chi connectivity index (χ0) is 18.9. The molecule has 6 heteroatoms. The lowest BCUT2D eigenvalue weighted by Gasteiger charge is -2.26. The van der Waals surface area contributed by atoms with E-state index in [1.165, 1.54) is 63.9 Å². The molecule has 2 aromatic rings. The number of nitrogens with zero attached hydrogens (tertiary/aromatic N) is 3. The third kappa shape index (κ3) is 7.72. The van der Waals surface area contributed by atoms with Crippen molar-refractivity contribution in [2.45, 2.75) is 51.9 Å². The van der Waals surface area contributed by atoms with E-state index in [1.807, 2.05) is 13.0 Å². The van der Waals surface area contributed by atoms with Gasteiger partial charge in [-0.3, -0.25) is 0 Å². The largest absolute Gasteiger partial charge is 0.478 e. The van der Waals surface area contributed by atoms with Gasteiger partial charge in [-0.2, -0.15) is 4.98 Å². The molecule has 1 aromatic carbocycles. The highest BCUT2D eigenvalue weighted by atomic mass is 35.5. The predicted octanol–water partition coefficient (Wildman–Crippen LogP) is 4.97. The molecule has 1 aliphatic rings. The Balaban J connectivity index is 0.00000280. The average Bonchev–Trinajstić information content (AvgIpc) is 2.67. The van der Waals surface area contributed by atoms with Crippen molar-refractivity contribution in [1.29, 1.82) is 0 Å². The molecule has 1 fully saturated rings. The molecule has 3 rings (SSSR count). The number of halogens is 2. The third-order valence-electron chi connectivity index (χ3n) is 4.98. The molecule has 0 saturated carbocycles. The first-order valence-corrected chi connectivity index (χ1v) is 10.1. The van der Waals surface area contributed by atoms with Gasteiger partial charge in [-0.1, -0.05) is 18.6 Å². The molecule has 1 saturated heterocycles. The third-order valence-corrected chi connectivity index (χ3v) is 4.98. The number of hydrogen-bond donors (Lipinski definition) is 0. The van der Waals surface area contributed by atoms with E-state index in [-0.39, 0.29) is 18.2 Å². The van der Waals surface area contributed by atoms with Crippen LogP contribution in [-0.2, 0) is 6.42 Å². The number of ether oxygens (including phenoxy) is 1. The van der Waals surface area contributed by atoms with Crippen LogP contribution >= 0.6 is 12.4 Å². The second kappa shape index (κ2) is 12.0. The van der Waals surface area contributed by atoms with Crippen molar-refractivity contribution in [3.63, 3.8) is 0 Å². The second-order valence-corrected chi connectivity index (χ2v) is 7.36. The Morgan fingerprint density at radius 2 is 1.75 bits per heavy atom. The second-order valence-electron chi connectivity index (χ2n) is 7.36. The first-order valence-electron chi connectivity index (χ1n) is 10.1. The first-order chi connectivity index (χ1) is 13.2. The molecule has 4 nitrogen and oxygen atoms in total. The van der Waals surface area contributed by atoms with Gasteiger partial charge in [0.05, 0.1) is 12.3 Å². The Bertz CT molecular complexity index is 705. The molecule has 0 aliphatic carbocycles. The Kier molecular flexibility index (Phi) is 9.65. The predicted molar refractivity (Wildman–Crippen MR) is 113 cm³/mol. The van der Waals surface area contributed by atoms with Gasteiger partial charge in [0.1, 0.15) is 11.6 Å². The van der Waals surface area contributed by atoms with Gasteiger partial charge in [-0.05, 0) is 76.4 Å². The van der Waals surface area contributed by atoms with Crippen LogP contribution in [0.3, 0.4) is 0 Å². The molecule has 154 valence electrons. The van der Waals surface area contributed by atoms with E-state index in [4.69, 9.17) is 4.74 Å². The van der Waals surface area contributed by atoms with Gasteiger partial charge in [0.25, 0.3) is 0 Å². The average molecular weight is 408 g/mol. The fraction of sp³-hybridized carbons (Fsp3) is 0.545. The molecule has 1 aromatic heterocycles. The minimum absolute atomic E-state index is 0. The molecule has 0 amide bonds. The molecule has 28 heavy (non-hydrogen) atoms. The Hall–Kier alpha value is -1.72. The van der Waals surface area contributed by atoms with Gasteiger partial charge in [-0.25, -0.2) is 9.37 Å². The summed E-state index contributed by atoms with van der Waals surface area (Å²) >= 11 is 0. The fourth-order valence-corrected chi connectivity index (χ4v) is 3.55. The number of benzene rings is 1. The van der Waals surface area contributed by atoms with Crippen molar-refractivity contribution < 1.29 is 9.13 Å². The van der Waals surface area contributed by atoms with Gasteiger partial charge in [-0.15, -0.1) is 12.4 Å². The number of piperidine rings is 1. The molecule has 0 spiro atoms. The number of likely N-dealkylation sites (tertiary alicyclic amines) is 1. The summed E-state index contributed by atoms with van der Waals surface area (Å²) in [5.74, 6) is 1.12. The highest BCUT2D eigenvalue weighted by molar-refractivity contribution is 5.85. The summed E-state index contributed by atoms with van der Waals surface area (Å²) in [6.07, 6.45) is 8.23. The van der Waals surface area contributed by atoms with Crippen molar-refractivity contribution in [1.82, 2.24) is 14.9 Å². The van der Waals surface area contributed by atoms with Gasteiger partial charge < -0.3 is 9.64 Å². The van der Waals surface area contributed by atoms with Crippen LogP contribution in [0.15, 0.2) is 30.3 Å². The van der Waals surface area contributed by atoms with E-state index >= 15 is 0 Å². The zero-order valence-corrected chi connectivity index (χ0v) is 17.5. The van der Waals surface area contributed by atoms with Crippen molar-refractivity contribution in [2.24, 2.45) is 0 Å². The molecule has 0 N–H and O–H groups in total. The van der Waals surface area contributed by atoms with Gasteiger partial charge in [0.15, 0.2) is 0 Å². The molecule has 0 atom stereocenters. The summed E-state index contributed by atoms with van der Waals surface area (Å²) in [7, 11) is 0. The summed E-state index contributed by atoms with van der Waals surface area (Å²) in [5, 5.41) is 0. The number of aryl methyl sites for hydroxylation is 1. The van der Waals surface area contributed by atoms with E-state index in [0.29, 0.717) is 24.7 Å². The van der Waals surface area contributed by atoms with E-state index in [0.717, 1.165) is 17.7 Å². The van der Waals surface area contributed by atoms with Crippen LogP contribution in [0.1, 0.15) is 55.6 Å². The number of hydrogen-bond acceptors (Lipinski definition) is 4. The first kappa shape index (κ1) is 22.6. The van der Waals surface area contributed by atoms with Crippen molar-refractivity contribution in [2.75, 3.05) is 26.2 Å². The lowest BCUT2D eigenvalue weighted by atomic mass is 10.1. The minimum Gasteiger partial charge on any atom is -0.478 e. The SMILES string of the molecule is Cc1nc(Cc2ccc(F)cc2)cc(OCCCCCN2CCCCC2)n1.Cl. The van der Waals surface area contributed by atoms with Crippen LogP contribution in [0, 0.1) is 12.7 Å². The summed E-state index contributed by atoms with van der Waals surface area (Å²) in [6, 6.07) is 8.42. The topological polar surface area (TPSA) is 38.2 Å². The molecule has 1 aliphatic heterocycles. The standard InChI is InChI=1S/C22H30FN3O.ClH/c1-18-24-21(16-19-8-10-20(23)11-9-19)17-22(25-18)27-15-7-3-6-14-26-12-4-2-5-13-26;/h8-11,17H,2-7,12-16H2,1H3;1H. The number of unbranched alkanes of at least 4 members (excludes halogenated alkanes) is 2. The monoisotopic (exact) mass is 407 g/mol. The summed E-state index contributed by atoms with van der Waals surface area (Å²) < 4.78 is 18.9. The Labute approximate surface area is 173 Å². The van der Waals surface area contributed by atoms with E-state index < -0.39 is 0 Å². The van der Waals surface area contributed by atoms with Crippen LogP contribution in [0.5, 0.6) is 5.88 Å². The van der Waals surface area contributed by atoms with Gasteiger partial charge in [0.2, 0.25) is 5.88 Å². The van der Waals surface area contributed by atoms with E-state index in [9.17, 15) is 4.39 Å². The summed E-state index contributed by atoms with van der Waals surface area (Å²) in [4.78, 5) is 11.4. The maximum Gasteiger partial charge on any atom is 0.216 e. The Morgan fingerprint density at radius 1 is 1.00 bits per heavy atom. The van der Waals surface area contributed by atoms with Crippen molar-refractivity contribution >= 4 is 12.4 Å². The highest BCUT2D eigenvalue weighted by Crippen LogP contribution is 2.15. The van der Waals surface area contributed by atoms with Crippen LogP contribution < -0.4 is 4.74 Å². The van der Waals surface area contributed by atoms with Gasteiger partial charge in [0, 0.05) is 12.5 Å². The maximum atomic E-state index is 13.0. The maximum absolute atomic E-state index is 13.0. The van der Waals surface area contributed by atoms with E-state index in [1.54, 1.807) is 12.1 Å². The number of rotatable bonds is 9. The van der Waals surface area contributed by atoms with Crippen molar-refractivity contribution in [3.8, 4) is 5.88 Å². The molecule has 2 heterocycles. The molecular weight excluding hydrogens is 377 g/mol. The normalized spacial score (nSPS) is 14.5. The minimum atomic E-state index is -0.220. The Morgan fingerprint density at radius 3 is 2.50 bits per heavy atom.